The Morgan fingerprint density at radius 3 is 2.81 bits per heavy atom. The number of thioether (sulfide) groups is 1. The second-order valence-electron chi connectivity index (χ2n) is 7.42. The zero-order chi connectivity index (χ0) is 19.0. The predicted octanol–water partition coefficient (Wildman–Crippen LogP) is 4.38. The van der Waals surface area contributed by atoms with Crippen molar-refractivity contribution in [2.45, 2.75) is 57.0 Å². The lowest BCUT2D eigenvalue weighted by Crippen LogP contribution is -2.35. The molecular weight excluding hydrogens is 360 g/mol. The van der Waals surface area contributed by atoms with E-state index in [4.69, 9.17) is 9.40 Å². The van der Waals surface area contributed by atoms with E-state index in [0.717, 1.165) is 23.5 Å². The fourth-order valence-corrected chi connectivity index (χ4v) is 4.85. The third-order valence-corrected chi connectivity index (χ3v) is 6.60. The van der Waals surface area contributed by atoms with Gasteiger partial charge in [-0.1, -0.05) is 50.6 Å². The van der Waals surface area contributed by atoms with E-state index in [0.29, 0.717) is 34.8 Å². The summed E-state index contributed by atoms with van der Waals surface area (Å²) in [4.78, 5) is 18.2. The molecule has 3 aromatic rings. The molecule has 3 atom stereocenters. The number of nitrogens with zero attached hydrogens (tertiary/aromatic N) is 4. The standard InChI is InChI=1S/C20H24N4O2S/c1-12-7-6-10-17(13(12)2)24-19(25)15-8-4-5-9-16(15)21-20(24)27-11-18-23-22-14(3)26-18/h4-5,8-9,12-13,17H,6-7,10-11H2,1-3H3/t12-,13+,17-/m1/s1. The first-order valence-electron chi connectivity index (χ1n) is 9.47. The summed E-state index contributed by atoms with van der Waals surface area (Å²) in [6, 6.07) is 7.75. The molecule has 0 radical (unpaired) electrons. The van der Waals surface area contributed by atoms with Crippen molar-refractivity contribution in [1.29, 1.82) is 0 Å². The highest BCUT2D eigenvalue weighted by molar-refractivity contribution is 7.98. The molecular formula is C20H24N4O2S. The zero-order valence-electron chi connectivity index (χ0n) is 15.9. The second kappa shape index (κ2) is 7.46. The SMILES string of the molecule is Cc1nnc(CSc2nc3ccccc3c(=O)n2[C@@H]2CCC[C@@H](C)[C@@H]2C)o1. The Balaban J connectivity index is 1.78. The summed E-state index contributed by atoms with van der Waals surface area (Å²) >= 11 is 1.49. The van der Waals surface area contributed by atoms with E-state index in [9.17, 15) is 4.79 Å². The van der Waals surface area contributed by atoms with Crippen molar-refractivity contribution in [2.75, 3.05) is 0 Å². The predicted molar refractivity (Wildman–Crippen MR) is 106 cm³/mol. The van der Waals surface area contributed by atoms with Gasteiger partial charge in [-0.25, -0.2) is 4.98 Å². The van der Waals surface area contributed by atoms with Crippen LogP contribution in [0.4, 0.5) is 0 Å². The zero-order valence-corrected chi connectivity index (χ0v) is 16.7. The maximum Gasteiger partial charge on any atom is 0.262 e. The first-order valence-corrected chi connectivity index (χ1v) is 10.5. The van der Waals surface area contributed by atoms with Gasteiger partial charge in [0.15, 0.2) is 5.16 Å². The van der Waals surface area contributed by atoms with E-state index < -0.39 is 0 Å². The second-order valence-corrected chi connectivity index (χ2v) is 8.37. The number of rotatable bonds is 4. The topological polar surface area (TPSA) is 73.8 Å². The van der Waals surface area contributed by atoms with Crippen molar-refractivity contribution in [3.05, 3.63) is 46.4 Å². The van der Waals surface area contributed by atoms with Gasteiger partial charge in [0.1, 0.15) is 0 Å². The molecule has 2 heterocycles. The fourth-order valence-electron chi connectivity index (χ4n) is 3.96. The summed E-state index contributed by atoms with van der Waals surface area (Å²) < 4.78 is 7.42. The van der Waals surface area contributed by atoms with Crippen LogP contribution in [0.3, 0.4) is 0 Å². The van der Waals surface area contributed by atoms with Gasteiger partial charge in [0.05, 0.1) is 16.7 Å². The molecule has 1 aromatic carbocycles. The number of hydrogen-bond donors (Lipinski definition) is 0. The summed E-state index contributed by atoms with van der Waals surface area (Å²) in [6.45, 7) is 6.31. The van der Waals surface area contributed by atoms with Crippen LogP contribution in [0.1, 0.15) is 50.9 Å². The van der Waals surface area contributed by atoms with Gasteiger partial charge in [0, 0.05) is 13.0 Å². The number of benzene rings is 1. The van der Waals surface area contributed by atoms with Crippen LogP contribution in [0.15, 0.2) is 38.6 Å². The van der Waals surface area contributed by atoms with Crippen LogP contribution in [0.25, 0.3) is 10.9 Å². The van der Waals surface area contributed by atoms with Gasteiger partial charge in [0.25, 0.3) is 5.56 Å². The number of aromatic nitrogens is 4. The molecule has 0 spiro atoms. The lowest BCUT2D eigenvalue weighted by atomic mass is 9.78. The molecule has 27 heavy (non-hydrogen) atoms. The summed E-state index contributed by atoms with van der Waals surface area (Å²) in [5, 5.41) is 9.36. The normalized spacial score (nSPS) is 23.0. The summed E-state index contributed by atoms with van der Waals surface area (Å²) in [5.41, 5.74) is 0.787. The molecule has 0 N–H and O–H groups in total. The monoisotopic (exact) mass is 384 g/mol. The van der Waals surface area contributed by atoms with Crippen molar-refractivity contribution in [3.8, 4) is 0 Å². The average molecular weight is 385 g/mol. The molecule has 4 rings (SSSR count). The number of fused-ring (bicyclic) bond motifs is 1. The molecule has 0 unspecified atom stereocenters. The first-order chi connectivity index (χ1) is 13.0. The largest absolute Gasteiger partial charge is 0.425 e. The highest BCUT2D eigenvalue weighted by atomic mass is 32.2. The summed E-state index contributed by atoms with van der Waals surface area (Å²) in [6.07, 6.45) is 3.37. The van der Waals surface area contributed by atoms with E-state index in [1.165, 1.54) is 18.2 Å². The van der Waals surface area contributed by atoms with Crippen LogP contribution in [-0.2, 0) is 5.75 Å². The van der Waals surface area contributed by atoms with E-state index in [2.05, 4.69) is 24.0 Å². The van der Waals surface area contributed by atoms with Crippen molar-refractivity contribution in [2.24, 2.45) is 11.8 Å². The lowest BCUT2D eigenvalue weighted by Gasteiger charge is -2.36. The summed E-state index contributed by atoms with van der Waals surface area (Å²) in [7, 11) is 0. The minimum atomic E-state index is 0.0516. The highest BCUT2D eigenvalue weighted by Crippen LogP contribution is 2.39. The van der Waals surface area contributed by atoms with Crippen LogP contribution >= 0.6 is 11.8 Å². The Bertz CT molecular complexity index is 1010. The molecule has 142 valence electrons. The Hall–Kier alpha value is -2.15. The molecule has 0 aliphatic heterocycles. The average Bonchev–Trinajstić information content (AvgIpc) is 3.08. The third-order valence-electron chi connectivity index (χ3n) is 5.66. The number of hydrogen-bond acceptors (Lipinski definition) is 6. The first kappa shape index (κ1) is 18.2. The van der Waals surface area contributed by atoms with Gasteiger partial charge >= 0.3 is 0 Å². The van der Waals surface area contributed by atoms with Gasteiger partial charge in [-0.05, 0) is 30.4 Å². The minimum Gasteiger partial charge on any atom is -0.425 e. The van der Waals surface area contributed by atoms with Gasteiger partial charge in [0.2, 0.25) is 11.8 Å². The molecule has 1 aliphatic carbocycles. The van der Waals surface area contributed by atoms with Crippen molar-refractivity contribution in [3.63, 3.8) is 0 Å². The molecule has 1 aliphatic rings. The van der Waals surface area contributed by atoms with Gasteiger partial charge < -0.3 is 4.42 Å². The minimum absolute atomic E-state index is 0.0516. The number of para-hydroxylation sites is 1. The maximum absolute atomic E-state index is 13.4. The van der Waals surface area contributed by atoms with Gasteiger partial charge in [-0.3, -0.25) is 9.36 Å². The van der Waals surface area contributed by atoms with E-state index >= 15 is 0 Å². The third kappa shape index (κ3) is 3.52. The van der Waals surface area contributed by atoms with Crippen LogP contribution in [-0.4, -0.2) is 19.7 Å². The fraction of sp³-hybridized carbons (Fsp3) is 0.500. The number of aryl methyl sites for hydroxylation is 1. The van der Waals surface area contributed by atoms with E-state index in [-0.39, 0.29) is 11.6 Å². The highest BCUT2D eigenvalue weighted by Gasteiger charge is 2.31. The Morgan fingerprint density at radius 1 is 1.22 bits per heavy atom. The van der Waals surface area contributed by atoms with Crippen molar-refractivity contribution >= 4 is 22.7 Å². The van der Waals surface area contributed by atoms with Crippen molar-refractivity contribution < 1.29 is 4.42 Å². The lowest BCUT2D eigenvalue weighted by molar-refractivity contribution is 0.173. The summed E-state index contributed by atoms with van der Waals surface area (Å²) in [5.74, 6) is 2.63. The quantitative estimate of drug-likeness (QED) is 0.491. The van der Waals surface area contributed by atoms with Crippen LogP contribution in [0.5, 0.6) is 0 Å². The molecule has 1 saturated carbocycles. The smallest absolute Gasteiger partial charge is 0.262 e. The van der Waals surface area contributed by atoms with Crippen LogP contribution in [0, 0.1) is 18.8 Å². The molecule has 0 amide bonds. The molecule has 0 saturated heterocycles. The van der Waals surface area contributed by atoms with E-state index in [1.54, 1.807) is 6.92 Å². The Kier molecular flexibility index (Phi) is 5.04. The maximum atomic E-state index is 13.4. The Labute approximate surface area is 162 Å². The molecule has 0 bridgehead atoms. The van der Waals surface area contributed by atoms with Gasteiger partial charge in [-0.2, -0.15) is 0 Å². The molecule has 7 heteroatoms. The molecule has 2 aromatic heterocycles. The van der Waals surface area contributed by atoms with Gasteiger partial charge in [-0.15, -0.1) is 10.2 Å². The van der Waals surface area contributed by atoms with E-state index in [1.807, 2.05) is 28.8 Å². The van der Waals surface area contributed by atoms with Crippen molar-refractivity contribution in [1.82, 2.24) is 19.7 Å². The van der Waals surface area contributed by atoms with Crippen LogP contribution < -0.4 is 5.56 Å². The Morgan fingerprint density at radius 2 is 2.04 bits per heavy atom. The molecule has 6 nitrogen and oxygen atoms in total. The molecule has 1 fully saturated rings. The van der Waals surface area contributed by atoms with Crippen LogP contribution in [0.2, 0.25) is 0 Å².